The lowest BCUT2D eigenvalue weighted by atomic mass is 9.99. The molecule has 1 fully saturated rings. The van der Waals surface area contributed by atoms with Crippen LogP contribution < -0.4 is 0 Å². The third-order valence-electron chi connectivity index (χ3n) is 4.20. The van der Waals surface area contributed by atoms with Crippen molar-refractivity contribution in [2.75, 3.05) is 11.5 Å². The van der Waals surface area contributed by atoms with Gasteiger partial charge in [-0.05, 0) is 68.0 Å². The van der Waals surface area contributed by atoms with Crippen LogP contribution in [0.5, 0.6) is 0 Å². The summed E-state index contributed by atoms with van der Waals surface area (Å²) in [5, 5.41) is 0. The first kappa shape index (κ1) is 14.6. The first-order valence-corrected chi connectivity index (χ1v) is 8.42. The summed E-state index contributed by atoms with van der Waals surface area (Å²) in [6, 6.07) is 4.19. The zero-order chi connectivity index (χ0) is 13.8. The summed E-state index contributed by atoms with van der Waals surface area (Å²) in [4.78, 5) is 12.3. The highest BCUT2D eigenvalue weighted by Crippen LogP contribution is 2.28. The maximum Gasteiger partial charge on any atom is 0.172 e. The summed E-state index contributed by atoms with van der Waals surface area (Å²) >= 11 is 1.82. The van der Waals surface area contributed by atoms with Gasteiger partial charge >= 0.3 is 0 Å². The molecule has 1 nitrogen and oxygen atoms in total. The molecule has 0 N–H and O–H groups in total. The second-order valence-corrected chi connectivity index (χ2v) is 6.87. The zero-order valence-corrected chi connectivity index (χ0v) is 13.1. The number of hydrogen-bond donors (Lipinski definition) is 0. The van der Waals surface area contributed by atoms with E-state index in [0.29, 0.717) is 11.5 Å². The number of Topliss-reactive ketones (excluding diaryl/α,β-unsaturated/α-hetero) is 1. The summed E-state index contributed by atoms with van der Waals surface area (Å²) in [5.74, 6) is 2.96. The average Bonchev–Trinajstić information content (AvgIpc) is 2.86. The Hall–Kier alpha value is -0.760. The second-order valence-electron chi connectivity index (χ2n) is 5.84. The van der Waals surface area contributed by atoms with Gasteiger partial charge in [-0.3, -0.25) is 4.79 Å². The van der Waals surface area contributed by atoms with E-state index in [1.165, 1.54) is 36.8 Å². The molecule has 104 valence electrons. The van der Waals surface area contributed by atoms with E-state index in [1.807, 2.05) is 18.7 Å². The Morgan fingerprint density at radius 2 is 1.74 bits per heavy atom. The largest absolute Gasteiger partial charge is 0.293 e. The van der Waals surface area contributed by atoms with Gasteiger partial charge in [-0.1, -0.05) is 18.9 Å². The highest BCUT2D eigenvalue weighted by atomic mass is 32.2. The molecule has 0 unspecified atom stereocenters. The molecule has 19 heavy (non-hydrogen) atoms. The van der Waals surface area contributed by atoms with Crippen LogP contribution in [0.2, 0.25) is 0 Å². The molecular weight excluding hydrogens is 252 g/mol. The highest BCUT2D eigenvalue weighted by Gasteiger charge is 2.16. The van der Waals surface area contributed by atoms with E-state index in [4.69, 9.17) is 0 Å². The van der Waals surface area contributed by atoms with Crippen LogP contribution in [-0.4, -0.2) is 17.3 Å². The van der Waals surface area contributed by atoms with E-state index in [-0.39, 0.29) is 0 Å². The minimum Gasteiger partial charge on any atom is -0.293 e. The monoisotopic (exact) mass is 276 g/mol. The van der Waals surface area contributed by atoms with Gasteiger partial charge < -0.3 is 0 Å². The zero-order valence-electron chi connectivity index (χ0n) is 12.3. The summed E-state index contributed by atoms with van der Waals surface area (Å²) in [6.45, 7) is 6.23. The van der Waals surface area contributed by atoms with Gasteiger partial charge in [0, 0.05) is 5.56 Å². The number of aryl methyl sites for hydroxylation is 3. The number of ketones is 1. The molecule has 1 aliphatic rings. The molecule has 0 atom stereocenters. The highest BCUT2D eigenvalue weighted by molar-refractivity contribution is 7.99. The van der Waals surface area contributed by atoms with Gasteiger partial charge in [-0.2, -0.15) is 11.8 Å². The van der Waals surface area contributed by atoms with Crippen molar-refractivity contribution in [1.29, 1.82) is 0 Å². The number of carbonyl (C=O) groups excluding carboxylic acids is 1. The van der Waals surface area contributed by atoms with Crippen LogP contribution in [0.25, 0.3) is 0 Å². The molecular formula is C17H24OS. The predicted molar refractivity (Wildman–Crippen MR) is 84.3 cm³/mol. The lowest BCUT2D eigenvalue weighted by Crippen LogP contribution is -2.08. The van der Waals surface area contributed by atoms with E-state index < -0.39 is 0 Å². The SMILES string of the molecule is Cc1cc(C)c(C(=O)CSCC2CCCC2)cc1C. The van der Waals surface area contributed by atoms with Crippen LogP contribution >= 0.6 is 11.8 Å². The van der Waals surface area contributed by atoms with Crippen molar-refractivity contribution in [3.8, 4) is 0 Å². The Kier molecular flexibility index (Phi) is 5.09. The lowest BCUT2D eigenvalue weighted by molar-refractivity contribution is 0.102. The van der Waals surface area contributed by atoms with E-state index >= 15 is 0 Å². The van der Waals surface area contributed by atoms with Gasteiger partial charge in [-0.25, -0.2) is 0 Å². The topological polar surface area (TPSA) is 17.1 Å². The van der Waals surface area contributed by atoms with Crippen molar-refractivity contribution in [3.63, 3.8) is 0 Å². The first-order chi connectivity index (χ1) is 9.08. The molecule has 0 saturated heterocycles. The van der Waals surface area contributed by atoms with E-state index in [2.05, 4.69) is 26.0 Å². The average molecular weight is 276 g/mol. The Morgan fingerprint density at radius 3 is 2.42 bits per heavy atom. The Labute approximate surface area is 121 Å². The normalized spacial score (nSPS) is 15.9. The van der Waals surface area contributed by atoms with Gasteiger partial charge in [0.15, 0.2) is 5.78 Å². The van der Waals surface area contributed by atoms with Crippen LogP contribution in [0.3, 0.4) is 0 Å². The molecule has 2 heteroatoms. The molecule has 0 aromatic heterocycles. The quantitative estimate of drug-likeness (QED) is 0.724. The fourth-order valence-electron chi connectivity index (χ4n) is 2.83. The maximum atomic E-state index is 12.3. The summed E-state index contributed by atoms with van der Waals surface area (Å²) in [7, 11) is 0. The van der Waals surface area contributed by atoms with E-state index in [9.17, 15) is 4.79 Å². The molecule has 1 aromatic rings. The van der Waals surface area contributed by atoms with Crippen LogP contribution in [-0.2, 0) is 0 Å². The van der Waals surface area contributed by atoms with Crippen molar-refractivity contribution >= 4 is 17.5 Å². The summed E-state index contributed by atoms with van der Waals surface area (Å²) < 4.78 is 0. The molecule has 2 rings (SSSR count). The number of benzene rings is 1. The standard InChI is InChI=1S/C17H24OS/c1-12-8-14(3)16(9-13(12)2)17(18)11-19-10-15-6-4-5-7-15/h8-9,15H,4-7,10-11H2,1-3H3. The van der Waals surface area contributed by atoms with Crippen molar-refractivity contribution < 1.29 is 4.79 Å². The van der Waals surface area contributed by atoms with Gasteiger partial charge in [0.25, 0.3) is 0 Å². The molecule has 0 spiro atoms. The molecule has 0 radical (unpaired) electrons. The Balaban J connectivity index is 1.90. The fraction of sp³-hybridized carbons (Fsp3) is 0.588. The third-order valence-corrected chi connectivity index (χ3v) is 5.38. The van der Waals surface area contributed by atoms with Crippen molar-refractivity contribution in [3.05, 3.63) is 34.4 Å². The number of hydrogen-bond acceptors (Lipinski definition) is 2. The Bertz CT molecular complexity index is 459. The summed E-state index contributed by atoms with van der Waals surface area (Å²) in [6.07, 6.45) is 5.50. The number of rotatable bonds is 5. The van der Waals surface area contributed by atoms with Crippen LogP contribution in [0.1, 0.15) is 52.7 Å². The minimum atomic E-state index is 0.295. The second kappa shape index (κ2) is 6.60. The molecule has 1 aliphatic carbocycles. The Morgan fingerprint density at radius 1 is 1.11 bits per heavy atom. The van der Waals surface area contributed by atoms with E-state index in [0.717, 1.165) is 22.8 Å². The lowest BCUT2D eigenvalue weighted by Gasteiger charge is -2.10. The van der Waals surface area contributed by atoms with Crippen molar-refractivity contribution in [2.45, 2.75) is 46.5 Å². The summed E-state index contributed by atoms with van der Waals surface area (Å²) in [5.41, 5.74) is 4.53. The van der Waals surface area contributed by atoms with Crippen LogP contribution in [0.4, 0.5) is 0 Å². The van der Waals surface area contributed by atoms with Crippen molar-refractivity contribution in [1.82, 2.24) is 0 Å². The minimum absolute atomic E-state index is 0.295. The molecule has 1 saturated carbocycles. The van der Waals surface area contributed by atoms with Crippen molar-refractivity contribution in [2.24, 2.45) is 5.92 Å². The number of carbonyl (C=O) groups is 1. The van der Waals surface area contributed by atoms with Gasteiger partial charge in [0.1, 0.15) is 0 Å². The maximum absolute atomic E-state index is 12.3. The van der Waals surface area contributed by atoms with Gasteiger partial charge in [-0.15, -0.1) is 0 Å². The number of thioether (sulfide) groups is 1. The molecule has 1 aromatic carbocycles. The van der Waals surface area contributed by atoms with Crippen LogP contribution in [0, 0.1) is 26.7 Å². The predicted octanol–water partition coefficient (Wildman–Crippen LogP) is 4.72. The smallest absolute Gasteiger partial charge is 0.172 e. The molecule has 0 heterocycles. The van der Waals surface area contributed by atoms with Gasteiger partial charge in [0.2, 0.25) is 0 Å². The molecule has 0 bridgehead atoms. The first-order valence-electron chi connectivity index (χ1n) is 7.26. The fourth-order valence-corrected chi connectivity index (χ4v) is 3.96. The molecule has 0 aliphatic heterocycles. The van der Waals surface area contributed by atoms with Gasteiger partial charge in [0.05, 0.1) is 5.75 Å². The van der Waals surface area contributed by atoms with Crippen LogP contribution in [0.15, 0.2) is 12.1 Å². The third kappa shape index (κ3) is 3.85. The van der Waals surface area contributed by atoms with E-state index in [1.54, 1.807) is 0 Å². The molecule has 0 amide bonds.